The molecule has 6 rings (SSSR count). The SMILES string of the molecule is COc1ccccc1-c1nc(CN2CC3C[C@@H]4CC2C[C@H](C3)C4)c(C)o1. The highest BCUT2D eigenvalue weighted by molar-refractivity contribution is 5.62. The average Bonchev–Trinajstić information content (AvgIpc) is 2.89. The monoisotopic (exact) mass is 352 g/mol. The van der Waals surface area contributed by atoms with E-state index >= 15 is 0 Å². The number of para-hydroxylation sites is 1. The van der Waals surface area contributed by atoms with Crippen molar-refractivity contribution < 1.29 is 9.15 Å². The molecule has 1 aromatic heterocycles. The molecule has 3 heterocycles. The Morgan fingerprint density at radius 1 is 1.08 bits per heavy atom. The first-order valence-electron chi connectivity index (χ1n) is 10.0. The third-order valence-electron chi connectivity index (χ3n) is 6.80. The van der Waals surface area contributed by atoms with Crippen molar-refractivity contribution in [1.29, 1.82) is 0 Å². The highest BCUT2D eigenvalue weighted by atomic mass is 16.5. The van der Waals surface area contributed by atoms with Crippen LogP contribution in [0.25, 0.3) is 11.5 Å². The Balaban J connectivity index is 1.40. The molecule has 2 unspecified atom stereocenters. The summed E-state index contributed by atoms with van der Waals surface area (Å²) in [4.78, 5) is 7.58. The summed E-state index contributed by atoms with van der Waals surface area (Å²) in [6.45, 7) is 4.21. The first kappa shape index (κ1) is 16.4. The van der Waals surface area contributed by atoms with E-state index in [1.165, 1.54) is 38.6 Å². The van der Waals surface area contributed by atoms with E-state index in [4.69, 9.17) is 14.1 Å². The Morgan fingerprint density at radius 3 is 2.58 bits per heavy atom. The average molecular weight is 352 g/mol. The molecule has 0 radical (unpaired) electrons. The highest BCUT2D eigenvalue weighted by Crippen LogP contribution is 2.47. The van der Waals surface area contributed by atoms with E-state index in [1.54, 1.807) is 7.11 Å². The molecule has 4 fully saturated rings. The lowest BCUT2D eigenvalue weighted by atomic mass is 9.68. The predicted molar refractivity (Wildman–Crippen MR) is 101 cm³/mol. The number of aromatic nitrogens is 1. The van der Waals surface area contributed by atoms with E-state index < -0.39 is 0 Å². The van der Waals surface area contributed by atoms with E-state index in [9.17, 15) is 0 Å². The van der Waals surface area contributed by atoms with Crippen molar-refractivity contribution in [2.24, 2.45) is 17.8 Å². The Hall–Kier alpha value is -1.81. The van der Waals surface area contributed by atoms with Crippen molar-refractivity contribution >= 4 is 0 Å². The summed E-state index contributed by atoms with van der Waals surface area (Å²) in [6, 6.07) is 8.69. The van der Waals surface area contributed by atoms with Gasteiger partial charge in [0.2, 0.25) is 5.89 Å². The van der Waals surface area contributed by atoms with Gasteiger partial charge in [0.25, 0.3) is 0 Å². The van der Waals surface area contributed by atoms with Gasteiger partial charge in [-0.25, -0.2) is 4.98 Å². The van der Waals surface area contributed by atoms with Crippen molar-refractivity contribution in [2.45, 2.75) is 51.6 Å². The van der Waals surface area contributed by atoms with Gasteiger partial charge >= 0.3 is 0 Å². The minimum Gasteiger partial charge on any atom is -0.496 e. The Morgan fingerprint density at radius 2 is 1.81 bits per heavy atom. The fourth-order valence-electron chi connectivity index (χ4n) is 5.78. The molecule has 4 bridgehead atoms. The van der Waals surface area contributed by atoms with Crippen LogP contribution in [0.3, 0.4) is 0 Å². The van der Waals surface area contributed by atoms with Crippen LogP contribution < -0.4 is 4.74 Å². The molecular formula is C22H28N2O2. The van der Waals surface area contributed by atoms with Crippen molar-refractivity contribution in [3.05, 3.63) is 35.7 Å². The molecule has 4 atom stereocenters. The molecule has 2 aliphatic carbocycles. The molecule has 2 saturated heterocycles. The zero-order valence-electron chi connectivity index (χ0n) is 15.8. The Labute approximate surface area is 155 Å². The zero-order valence-corrected chi connectivity index (χ0v) is 15.8. The summed E-state index contributed by atoms with van der Waals surface area (Å²) in [6.07, 6.45) is 7.18. The lowest BCUT2D eigenvalue weighted by Crippen LogP contribution is -2.37. The molecule has 138 valence electrons. The number of hydrogen-bond acceptors (Lipinski definition) is 4. The first-order chi connectivity index (χ1) is 12.7. The maximum Gasteiger partial charge on any atom is 0.230 e. The van der Waals surface area contributed by atoms with Crippen LogP contribution in [0.1, 0.15) is 43.6 Å². The number of fused-ring (bicyclic) bond motifs is 1. The first-order valence-corrected chi connectivity index (χ1v) is 10.0. The molecular weight excluding hydrogens is 324 g/mol. The summed E-state index contributed by atoms with van der Waals surface area (Å²) in [5, 5.41) is 0. The number of oxazole rings is 1. The molecule has 26 heavy (non-hydrogen) atoms. The van der Waals surface area contributed by atoms with Gasteiger partial charge in [-0.2, -0.15) is 0 Å². The molecule has 4 aliphatic rings. The van der Waals surface area contributed by atoms with E-state index in [1.807, 2.05) is 31.2 Å². The number of ether oxygens (including phenoxy) is 1. The minimum absolute atomic E-state index is 0.676. The number of methoxy groups -OCH3 is 1. The van der Waals surface area contributed by atoms with Crippen LogP contribution in [0, 0.1) is 24.7 Å². The van der Waals surface area contributed by atoms with E-state index in [2.05, 4.69) is 4.90 Å². The summed E-state index contributed by atoms with van der Waals surface area (Å²) in [5.41, 5.74) is 2.02. The van der Waals surface area contributed by atoms with E-state index in [0.29, 0.717) is 5.89 Å². The molecule has 4 nitrogen and oxygen atoms in total. The smallest absolute Gasteiger partial charge is 0.230 e. The highest BCUT2D eigenvalue weighted by Gasteiger charge is 2.42. The van der Waals surface area contributed by atoms with E-state index in [0.717, 1.165) is 53.1 Å². The maximum absolute atomic E-state index is 6.04. The lowest BCUT2D eigenvalue weighted by Gasteiger charge is -2.39. The van der Waals surface area contributed by atoms with Crippen molar-refractivity contribution in [2.75, 3.05) is 13.7 Å². The second kappa shape index (κ2) is 6.41. The fraction of sp³-hybridized carbons (Fsp3) is 0.591. The zero-order chi connectivity index (χ0) is 17.7. The summed E-state index contributed by atoms with van der Waals surface area (Å²) >= 11 is 0. The molecule has 2 aliphatic heterocycles. The topological polar surface area (TPSA) is 38.5 Å². The molecule has 2 saturated carbocycles. The van der Waals surface area contributed by atoms with Crippen LogP contribution >= 0.6 is 0 Å². The van der Waals surface area contributed by atoms with Gasteiger partial charge in [0, 0.05) is 19.1 Å². The Kier molecular flexibility index (Phi) is 4.04. The fourth-order valence-corrected chi connectivity index (χ4v) is 5.78. The molecule has 0 spiro atoms. The Bertz CT molecular complexity index is 785. The van der Waals surface area contributed by atoms with Crippen molar-refractivity contribution in [3.63, 3.8) is 0 Å². The molecule has 2 aromatic rings. The minimum atomic E-state index is 0.676. The van der Waals surface area contributed by atoms with Crippen LogP contribution in [0.4, 0.5) is 0 Å². The number of aryl methyl sites for hydroxylation is 1. The van der Waals surface area contributed by atoms with Crippen LogP contribution in [-0.4, -0.2) is 29.6 Å². The summed E-state index contributed by atoms with van der Waals surface area (Å²) < 4.78 is 11.5. The molecule has 0 N–H and O–H groups in total. The van der Waals surface area contributed by atoms with Gasteiger partial charge in [0.15, 0.2) is 0 Å². The summed E-state index contributed by atoms with van der Waals surface area (Å²) in [7, 11) is 1.69. The quantitative estimate of drug-likeness (QED) is 0.801. The maximum atomic E-state index is 6.04. The van der Waals surface area contributed by atoms with Gasteiger partial charge < -0.3 is 9.15 Å². The second-order valence-corrected chi connectivity index (χ2v) is 8.58. The van der Waals surface area contributed by atoms with Crippen LogP contribution in [0.5, 0.6) is 5.75 Å². The standard InChI is InChI=1S/C22H28N2O2/c1-14-20(23-22(26-14)19-5-3-4-6-21(19)25-2)13-24-12-17-8-15-7-16(9-17)11-18(24)10-15/h3-6,15-18H,7-13H2,1-2H3/t15-,16+,17?,18?. The van der Waals surface area contributed by atoms with Crippen molar-refractivity contribution in [3.8, 4) is 17.2 Å². The van der Waals surface area contributed by atoms with Crippen LogP contribution in [-0.2, 0) is 6.54 Å². The number of rotatable bonds is 4. The van der Waals surface area contributed by atoms with Gasteiger partial charge in [-0.1, -0.05) is 12.1 Å². The largest absolute Gasteiger partial charge is 0.496 e. The van der Waals surface area contributed by atoms with Crippen molar-refractivity contribution in [1.82, 2.24) is 9.88 Å². The number of hydrogen-bond donors (Lipinski definition) is 0. The normalized spacial score (nSPS) is 30.5. The van der Waals surface area contributed by atoms with E-state index in [-0.39, 0.29) is 0 Å². The third kappa shape index (κ3) is 2.84. The van der Waals surface area contributed by atoms with Gasteiger partial charge in [-0.3, -0.25) is 4.90 Å². The third-order valence-corrected chi connectivity index (χ3v) is 6.80. The summed E-state index contributed by atoms with van der Waals surface area (Å²) in [5.74, 6) is 5.28. The second-order valence-electron chi connectivity index (χ2n) is 8.58. The van der Waals surface area contributed by atoms with Crippen LogP contribution in [0.2, 0.25) is 0 Å². The van der Waals surface area contributed by atoms with Gasteiger partial charge in [0.1, 0.15) is 11.5 Å². The molecule has 1 aromatic carbocycles. The van der Waals surface area contributed by atoms with Crippen LogP contribution in [0.15, 0.2) is 28.7 Å². The molecule has 4 heteroatoms. The van der Waals surface area contributed by atoms with Gasteiger partial charge in [0.05, 0.1) is 18.4 Å². The lowest BCUT2D eigenvalue weighted by molar-refractivity contribution is 0.121. The number of nitrogens with zero attached hydrogens (tertiary/aromatic N) is 2. The van der Waals surface area contributed by atoms with Gasteiger partial charge in [-0.15, -0.1) is 0 Å². The number of benzene rings is 1. The molecule has 0 amide bonds. The predicted octanol–water partition coefficient (Wildman–Crippen LogP) is 4.67. The van der Waals surface area contributed by atoms with Gasteiger partial charge in [-0.05, 0) is 68.9 Å².